The monoisotopic (exact) mass is 462 g/mol. The van der Waals surface area contributed by atoms with Gasteiger partial charge in [-0.15, -0.1) is 5.10 Å². The fraction of sp³-hybridized carbons (Fsp3) is 0.417. The third kappa shape index (κ3) is 3.93. The average Bonchev–Trinajstić information content (AvgIpc) is 3.63. The zero-order valence-electron chi connectivity index (χ0n) is 18.7. The number of piperazine rings is 1. The van der Waals surface area contributed by atoms with E-state index in [1.54, 1.807) is 4.68 Å². The number of hydrogen-bond donors (Lipinski definition) is 1. The van der Waals surface area contributed by atoms with Crippen molar-refractivity contribution in [1.29, 1.82) is 0 Å². The van der Waals surface area contributed by atoms with Gasteiger partial charge >= 0.3 is 0 Å². The summed E-state index contributed by atoms with van der Waals surface area (Å²) in [6.07, 6.45) is 1.67. The molecule has 2 atom stereocenters. The van der Waals surface area contributed by atoms with Crippen molar-refractivity contribution in [2.75, 3.05) is 39.3 Å². The number of benzene rings is 2. The molecular formula is C24H26N6O4. The Kier molecular flexibility index (Phi) is 5.48. The van der Waals surface area contributed by atoms with Crippen LogP contribution >= 0.6 is 0 Å². The highest BCUT2D eigenvalue weighted by atomic mass is 16.6. The quantitative estimate of drug-likeness (QED) is 0.600. The van der Waals surface area contributed by atoms with Crippen molar-refractivity contribution in [2.24, 2.45) is 0 Å². The number of ether oxygens (including phenoxy) is 2. The van der Waals surface area contributed by atoms with Crippen LogP contribution in [0.1, 0.15) is 34.5 Å². The molecule has 4 heterocycles. The van der Waals surface area contributed by atoms with Gasteiger partial charge in [0.05, 0.1) is 12.3 Å². The van der Waals surface area contributed by atoms with Crippen LogP contribution in [-0.4, -0.2) is 80.4 Å². The molecule has 3 aromatic rings. The van der Waals surface area contributed by atoms with Gasteiger partial charge in [-0.05, 0) is 34.0 Å². The summed E-state index contributed by atoms with van der Waals surface area (Å²) in [6.45, 7) is 4.94. The van der Waals surface area contributed by atoms with Crippen LogP contribution in [-0.2, 0) is 22.6 Å². The number of carbonyl (C=O) groups is 1. The summed E-state index contributed by atoms with van der Waals surface area (Å²) in [5, 5.41) is 21.0. The van der Waals surface area contributed by atoms with Crippen molar-refractivity contribution in [3.8, 4) is 11.4 Å². The maximum absolute atomic E-state index is 13.3. The lowest BCUT2D eigenvalue weighted by atomic mass is 9.99. The van der Waals surface area contributed by atoms with Crippen molar-refractivity contribution in [3.05, 3.63) is 65.0 Å². The Morgan fingerprint density at radius 1 is 1.09 bits per heavy atom. The van der Waals surface area contributed by atoms with Crippen LogP contribution < -0.4 is 4.74 Å². The summed E-state index contributed by atoms with van der Waals surface area (Å²) in [7, 11) is 0. The smallest absolute Gasteiger partial charge is 0.233 e. The molecule has 0 bridgehead atoms. The van der Waals surface area contributed by atoms with E-state index in [1.807, 2.05) is 29.2 Å². The first-order valence-electron chi connectivity index (χ1n) is 11.6. The molecule has 0 aliphatic carbocycles. The molecule has 1 N–H and O–H groups in total. The minimum atomic E-state index is -0.792. The number of tetrazole rings is 1. The minimum Gasteiger partial charge on any atom is -0.492 e. The van der Waals surface area contributed by atoms with Crippen molar-refractivity contribution >= 4 is 5.91 Å². The first-order valence-corrected chi connectivity index (χ1v) is 11.6. The molecule has 1 saturated heterocycles. The number of amides is 1. The molecule has 2 aromatic carbocycles. The molecule has 2 unspecified atom stereocenters. The van der Waals surface area contributed by atoms with Crippen LogP contribution in [0.5, 0.6) is 5.75 Å². The largest absolute Gasteiger partial charge is 0.492 e. The highest BCUT2D eigenvalue weighted by Crippen LogP contribution is 2.36. The van der Waals surface area contributed by atoms with Crippen molar-refractivity contribution in [1.82, 2.24) is 30.0 Å². The summed E-state index contributed by atoms with van der Waals surface area (Å²) in [4.78, 5) is 17.6. The Balaban J connectivity index is 1.03. The molecule has 6 rings (SSSR count). The van der Waals surface area contributed by atoms with E-state index in [1.165, 1.54) is 11.9 Å². The predicted octanol–water partition coefficient (Wildman–Crippen LogP) is 1.05. The molecular weight excluding hydrogens is 436 g/mol. The summed E-state index contributed by atoms with van der Waals surface area (Å²) in [5.74, 6) is 0.580. The molecule has 3 aliphatic rings. The van der Waals surface area contributed by atoms with Crippen LogP contribution in [0, 0.1) is 0 Å². The summed E-state index contributed by atoms with van der Waals surface area (Å²) in [5.41, 5.74) is 4.92. The second-order valence-corrected chi connectivity index (χ2v) is 8.95. The van der Waals surface area contributed by atoms with Gasteiger partial charge in [-0.2, -0.15) is 0 Å². The first-order chi connectivity index (χ1) is 16.7. The summed E-state index contributed by atoms with van der Waals surface area (Å²) in [6, 6.07) is 11.9. The molecule has 1 amide bonds. The van der Waals surface area contributed by atoms with Crippen molar-refractivity contribution < 1.29 is 19.4 Å². The van der Waals surface area contributed by atoms with Crippen molar-refractivity contribution in [2.45, 2.75) is 25.2 Å². The number of aliphatic hydroxyl groups is 1. The van der Waals surface area contributed by atoms with Gasteiger partial charge in [0, 0.05) is 49.9 Å². The molecule has 0 radical (unpaired) electrons. The number of nitrogens with zero attached hydrogens (tertiary/aromatic N) is 6. The highest BCUT2D eigenvalue weighted by molar-refractivity contribution is 5.86. The van der Waals surface area contributed by atoms with Gasteiger partial charge in [0.15, 0.2) is 6.29 Å². The zero-order chi connectivity index (χ0) is 23.1. The lowest BCUT2D eigenvalue weighted by Crippen LogP contribution is -2.50. The number of fused-ring (bicyclic) bond motifs is 2. The number of carbonyl (C=O) groups excluding carboxylic acids is 1. The Morgan fingerprint density at radius 3 is 2.76 bits per heavy atom. The SMILES string of the molecule is O=C(C1COc2cc(-n3cnnn3)ccc21)N1CCN(CCc2ccc3c(c2)COC3O)CC1. The average molecular weight is 463 g/mol. The maximum Gasteiger partial charge on any atom is 0.233 e. The van der Waals surface area contributed by atoms with Gasteiger partial charge in [-0.1, -0.05) is 24.3 Å². The lowest BCUT2D eigenvalue weighted by molar-refractivity contribution is -0.134. The van der Waals surface area contributed by atoms with E-state index in [2.05, 4.69) is 32.6 Å². The molecule has 176 valence electrons. The van der Waals surface area contributed by atoms with E-state index in [9.17, 15) is 9.90 Å². The molecule has 3 aliphatic heterocycles. The molecule has 1 aromatic heterocycles. The normalized spacial score (nSPS) is 21.9. The van der Waals surface area contributed by atoms with Crippen LogP contribution in [0.25, 0.3) is 5.69 Å². The standard InChI is InChI=1S/C24H26N6O4/c31-23(21-14-33-22-12-18(2-4-20(21)22)30-15-25-26-27-30)29-9-7-28(8-10-29)6-5-16-1-3-19-17(11-16)13-34-24(19)32/h1-4,11-12,15,21,24,32H,5-10,13-14H2. The van der Waals surface area contributed by atoms with Gasteiger partial charge in [0.1, 0.15) is 24.6 Å². The van der Waals surface area contributed by atoms with E-state index in [0.29, 0.717) is 13.2 Å². The zero-order valence-corrected chi connectivity index (χ0v) is 18.7. The predicted molar refractivity (Wildman–Crippen MR) is 120 cm³/mol. The topological polar surface area (TPSA) is 106 Å². The lowest BCUT2D eigenvalue weighted by Gasteiger charge is -2.35. The number of aliphatic hydroxyl groups excluding tert-OH is 1. The van der Waals surface area contributed by atoms with Gasteiger partial charge in [-0.25, -0.2) is 4.68 Å². The Bertz CT molecular complexity index is 1190. The first kappa shape index (κ1) is 21.2. The minimum absolute atomic E-state index is 0.130. The number of aromatic nitrogens is 4. The van der Waals surface area contributed by atoms with Crippen LogP contribution in [0.15, 0.2) is 42.7 Å². The van der Waals surface area contributed by atoms with E-state index < -0.39 is 6.29 Å². The highest BCUT2D eigenvalue weighted by Gasteiger charge is 2.35. The van der Waals surface area contributed by atoms with E-state index in [0.717, 1.165) is 67.3 Å². The Morgan fingerprint density at radius 2 is 1.94 bits per heavy atom. The van der Waals surface area contributed by atoms with Crippen molar-refractivity contribution in [3.63, 3.8) is 0 Å². The van der Waals surface area contributed by atoms with Crippen LogP contribution in [0.4, 0.5) is 0 Å². The van der Waals surface area contributed by atoms with Crippen LogP contribution in [0.2, 0.25) is 0 Å². The van der Waals surface area contributed by atoms with E-state index >= 15 is 0 Å². The fourth-order valence-electron chi connectivity index (χ4n) is 4.96. The van der Waals surface area contributed by atoms with Crippen LogP contribution in [0.3, 0.4) is 0 Å². The molecule has 10 heteroatoms. The number of rotatable bonds is 5. The summed E-state index contributed by atoms with van der Waals surface area (Å²) >= 11 is 0. The van der Waals surface area contributed by atoms with Gasteiger partial charge in [0.25, 0.3) is 0 Å². The van der Waals surface area contributed by atoms with E-state index in [4.69, 9.17) is 9.47 Å². The van der Waals surface area contributed by atoms with Gasteiger partial charge < -0.3 is 19.5 Å². The molecule has 0 saturated carbocycles. The third-order valence-corrected chi connectivity index (χ3v) is 6.96. The number of hydrogen-bond acceptors (Lipinski definition) is 8. The van der Waals surface area contributed by atoms with E-state index in [-0.39, 0.29) is 11.8 Å². The molecule has 1 fully saturated rings. The molecule has 34 heavy (non-hydrogen) atoms. The maximum atomic E-state index is 13.3. The van der Waals surface area contributed by atoms with Gasteiger partial charge in [0.2, 0.25) is 5.91 Å². The molecule has 10 nitrogen and oxygen atoms in total. The molecule has 0 spiro atoms. The summed E-state index contributed by atoms with van der Waals surface area (Å²) < 4.78 is 12.7. The Hall–Kier alpha value is -3.34. The second-order valence-electron chi connectivity index (χ2n) is 8.95. The Labute approximate surface area is 196 Å². The third-order valence-electron chi connectivity index (χ3n) is 6.96. The fourth-order valence-corrected chi connectivity index (χ4v) is 4.96. The second kappa shape index (κ2) is 8.79. The van der Waals surface area contributed by atoms with Gasteiger partial charge in [-0.3, -0.25) is 9.69 Å².